The van der Waals surface area contributed by atoms with E-state index >= 15 is 0 Å². The normalized spacial score (nSPS) is 10.7. The topological polar surface area (TPSA) is 86.6 Å². The molecule has 0 radical (unpaired) electrons. The van der Waals surface area contributed by atoms with E-state index in [1.165, 1.54) is 7.11 Å². The molecular weight excluding hydrogens is 320 g/mol. The molecule has 0 saturated carbocycles. The van der Waals surface area contributed by atoms with E-state index in [1.807, 2.05) is 25.1 Å². The summed E-state index contributed by atoms with van der Waals surface area (Å²) < 4.78 is 16.0. The molecule has 25 heavy (non-hydrogen) atoms. The number of rotatable bonds is 5. The molecule has 3 N–H and O–H groups in total. The summed E-state index contributed by atoms with van der Waals surface area (Å²) in [6.45, 7) is 1.99. The lowest BCUT2D eigenvalue weighted by molar-refractivity contribution is -0.139. The first-order valence-electron chi connectivity index (χ1n) is 7.80. The molecule has 0 saturated heterocycles. The van der Waals surface area contributed by atoms with Crippen LogP contribution in [0.25, 0.3) is 10.9 Å². The molecule has 3 aromatic rings. The van der Waals surface area contributed by atoms with E-state index in [4.69, 9.17) is 15.2 Å². The number of anilines is 1. The second-order valence-corrected chi connectivity index (χ2v) is 5.77. The number of nitrogen functional groups attached to an aromatic ring is 1. The van der Waals surface area contributed by atoms with Crippen LogP contribution in [0.1, 0.15) is 11.3 Å². The molecule has 0 amide bonds. The van der Waals surface area contributed by atoms with Crippen molar-refractivity contribution in [1.29, 1.82) is 0 Å². The Morgan fingerprint density at radius 1 is 1.08 bits per heavy atom. The number of hydrogen-bond donors (Lipinski definition) is 2. The molecule has 2 aromatic carbocycles. The highest BCUT2D eigenvalue weighted by Gasteiger charge is 2.12. The Hall–Kier alpha value is -3.15. The van der Waals surface area contributed by atoms with Crippen molar-refractivity contribution in [2.45, 2.75) is 13.3 Å². The lowest BCUT2D eigenvalue weighted by Crippen LogP contribution is -2.04. The molecule has 3 rings (SSSR count). The molecular formula is C19H20N2O4. The number of aromatic nitrogens is 1. The number of aromatic amines is 1. The number of nitrogens with two attached hydrogens (primary N) is 1. The number of methoxy groups -OCH3 is 2. The van der Waals surface area contributed by atoms with Gasteiger partial charge in [-0.25, -0.2) is 0 Å². The zero-order chi connectivity index (χ0) is 18.0. The van der Waals surface area contributed by atoms with Gasteiger partial charge in [0.2, 0.25) is 0 Å². The Bertz CT molecular complexity index is 931. The second-order valence-electron chi connectivity index (χ2n) is 5.77. The van der Waals surface area contributed by atoms with Gasteiger partial charge in [-0.2, -0.15) is 0 Å². The van der Waals surface area contributed by atoms with Gasteiger partial charge in [0.25, 0.3) is 0 Å². The minimum absolute atomic E-state index is 0.171. The maximum Gasteiger partial charge on any atom is 0.309 e. The Morgan fingerprint density at radius 3 is 2.60 bits per heavy atom. The Labute approximate surface area is 145 Å². The number of nitrogens with one attached hydrogen (secondary N) is 1. The zero-order valence-electron chi connectivity index (χ0n) is 14.4. The predicted octanol–water partition coefficient (Wildman–Crippen LogP) is 3.57. The lowest BCUT2D eigenvalue weighted by atomic mass is 10.1. The molecule has 0 atom stereocenters. The van der Waals surface area contributed by atoms with Gasteiger partial charge in [-0.15, -0.1) is 0 Å². The highest BCUT2D eigenvalue weighted by atomic mass is 16.5. The van der Waals surface area contributed by atoms with Crippen molar-refractivity contribution in [2.24, 2.45) is 0 Å². The molecule has 0 unspecified atom stereocenters. The van der Waals surface area contributed by atoms with E-state index in [2.05, 4.69) is 9.72 Å². The molecule has 0 spiro atoms. The average molecular weight is 340 g/mol. The predicted molar refractivity (Wildman–Crippen MR) is 96.2 cm³/mol. The number of aryl methyl sites for hydroxylation is 1. The van der Waals surface area contributed by atoms with Gasteiger partial charge in [0, 0.05) is 16.6 Å². The molecule has 6 heteroatoms. The van der Waals surface area contributed by atoms with E-state index < -0.39 is 0 Å². The molecule has 6 nitrogen and oxygen atoms in total. The van der Waals surface area contributed by atoms with Crippen LogP contribution < -0.4 is 15.2 Å². The Balaban J connectivity index is 1.91. The van der Waals surface area contributed by atoms with Crippen molar-refractivity contribution in [3.63, 3.8) is 0 Å². The van der Waals surface area contributed by atoms with Crippen molar-refractivity contribution < 1.29 is 19.0 Å². The number of ether oxygens (including phenoxy) is 3. The van der Waals surface area contributed by atoms with E-state index in [9.17, 15) is 4.79 Å². The fourth-order valence-electron chi connectivity index (χ4n) is 2.67. The van der Waals surface area contributed by atoms with Gasteiger partial charge in [-0.05, 0) is 42.8 Å². The summed E-state index contributed by atoms with van der Waals surface area (Å²) in [4.78, 5) is 14.7. The monoisotopic (exact) mass is 340 g/mol. The summed E-state index contributed by atoms with van der Waals surface area (Å²) in [6, 6.07) is 11.1. The molecule has 0 aliphatic carbocycles. The van der Waals surface area contributed by atoms with Crippen LogP contribution in [-0.4, -0.2) is 25.2 Å². The van der Waals surface area contributed by atoms with Crippen molar-refractivity contribution in [3.05, 3.63) is 47.7 Å². The fraction of sp³-hybridized carbons (Fsp3) is 0.211. The second kappa shape index (κ2) is 6.76. The van der Waals surface area contributed by atoms with Gasteiger partial charge in [0.05, 0.1) is 26.3 Å². The SMILES string of the molecule is COC(=O)Cc1ccc(Oc2cc3cc(C)[nH]c3cc2N)c(OC)c1. The van der Waals surface area contributed by atoms with E-state index in [0.29, 0.717) is 22.9 Å². The Morgan fingerprint density at radius 2 is 1.88 bits per heavy atom. The molecule has 0 bridgehead atoms. The third-order valence-electron chi connectivity index (χ3n) is 3.91. The first-order chi connectivity index (χ1) is 12.0. The number of esters is 1. The van der Waals surface area contributed by atoms with Crippen LogP contribution in [-0.2, 0) is 16.0 Å². The molecule has 0 fully saturated rings. The van der Waals surface area contributed by atoms with Crippen LogP contribution in [0.3, 0.4) is 0 Å². The highest BCUT2D eigenvalue weighted by Crippen LogP contribution is 2.37. The molecule has 0 aliphatic rings. The van der Waals surface area contributed by atoms with Crippen molar-refractivity contribution in [1.82, 2.24) is 4.98 Å². The summed E-state index contributed by atoms with van der Waals surface area (Å²) in [7, 11) is 2.91. The third kappa shape index (κ3) is 3.52. The number of carbonyl (C=O) groups is 1. The molecule has 1 aromatic heterocycles. The van der Waals surface area contributed by atoms with Crippen LogP contribution in [0.5, 0.6) is 17.2 Å². The summed E-state index contributed by atoms with van der Waals surface area (Å²) in [5, 5.41) is 1.02. The fourth-order valence-corrected chi connectivity index (χ4v) is 2.67. The molecule has 130 valence electrons. The lowest BCUT2D eigenvalue weighted by Gasteiger charge is -2.13. The molecule has 0 aliphatic heterocycles. The number of hydrogen-bond acceptors (Lipinski definition) is 5. The van der Waals surface area contributed by atoms with E-state index in [1.54, 1.807) is 25.3 Å². The van der Waals surface area contributed by atoms with Gasteiger partial charge in [0.1, 0.15) is 0 Å². The van der Waals surface area contributed by atoms with Crippen molar-refractivity contribution >= 4 is 22.6 Å². The van der Waals surface area contributed by atoms with Crippen LogP contribution >= 0.6 is 0 Å². The number of benzene rings is 2. The van der Waals surface area contributed by atoms with Gasteiger partial charge in [-0.3, -0.25) is 4.79 Å². The summed E-state index contributed by atoms with van der Waals surface area (Å²) in [5.41, 5.74) is 9.42. The molecule has 1 heterocycles. The van der Waals surface area contributed by atoms with Gasteiger partial charge in [-0.1, -0.05) is 6.07 Å². The number of H-pyrrole nitrogens is 1. The smallest absolute Gasteiger partial charge is 0.309 e. The standard InChI is InChI=1S/C19H20N2O4/c1-11-6-13-9-17(14(20)10-15(13)21-11)25-16-5-4-12(7-18(16)23-2)8-19(22)24-3/h4-7,9-10,21H,8,20H2,1-3H3. The van der Waals surface area contributed by atoms with Crippen LogP contribution in [0.15, 0.2) is 36.4 Å². The summed E-state index contributed by atoms with van der Waals surface area (Å²) >= 11 is 0. The van der Waals surface area contributed by atoms with Crippen LogP contribution in [0, 0.1) is 6.92 Å². The highest BCUT2D eigenvalue weighted by molar-refractivity contribution is 5.86. The largest absolute Gasteiger partial charge is 0.493 e. The quantitative estimate of drug-likeness (QED) is 0.548. The zero-order valence-corrected chi connectivity index (χ0v) is 14.4. The summed E-state index contributed by atoms with van der Waals surface area (Å²) in [5.74, 6) is 1.28. The van der Waals surface area contributed by atoms with Crippen molar-refractivity contribution in [3.8, 4) is 17.2 Å². The average Bonchev–Trinajstić information content (AvgIpc) is 2.95. The number of carbonyl (C=O) groups excluding carboxylic acids is 1. The Kier molecular flexibility index (Phi) is 4.52. The maximum absolute atomic E-state index is 11.4. The van der Waals surface area contributed by atoms with Crippen molar-refractivity contribution in [2.75, 3.05) is 20.0 Å². The third-order valence-corrected chi connectivity index (χ3v) is 3.91. The first-order valence-corrected chi connectivity index (χ1v) is 7.80. The minimum Gasteiger partial charge on any atom is -0.493 e. The van der Waals surface area contributed by atoms with Gasteiger partial charge < -0.3 is 24.9 Å². The van der Waals surface area contributed by atoms with Gasteiger partial charge in [0.15, 0.2) is 17.2 Å². The summed E-state index contributed by atoms with van der Waals surface area (Å²) in [6.07, 6.45) is 0.171. The van der Waals surface area contributed by atoms with Crippen LogP contribution in [0.2, 0.25) is 0 Å². The van der Waals surface area contributed by atoms with Gasteiger partial charge >= 0.3 is 5.97 Å². The van der Waals surface area contributed by atoms with E-state index in [0.717, 1.165) is 22.2 Å². The first kappa shape index (κ1) is 16.7. The van der Waals surface area contributed by atoms with E-state index in [-0.39, 0.29) is 12.4 Å². The van der Waals surface area contributed by atoms with Crippen LogP contribution in [0.4, 0.5) is 5.69 Å². The minimum atomic E-state index is -0.312. The maximum atomic E-state index is 11.4. The number of fused-ring (bicyclic) bond motifs is 1.